The summed E-state index contributed by atoms with van der Waals surface area (Å²) in [6.07, 6.45) is 20.5. The molecule has 16 nitrogen and oxygen atoms in total. The van der Waals surface area contributed by atoms with Crippen molar-refractivity contribution in [3.8, 4) is 0 Å². The van der Waals surface area contributed by atoms with Crippen molar-refractivity contribution in [2.75, 3.05) is 13.2 Å². The van der Waals surface area contributed by atoms with E-state index in [-0.39, 0.29) is 59.1 Å². The molecule has 0 saturated heterocycles. The van der Waals surface area contributed by atoms with E-state index in [0.29, 0.717) is 29.5 Å². The third kappa shape index (κ3) is 34.8. The molecule has 0 aliphatic heterocycles. The van der Waals surface area contributed by atoms with E-state index in [1.807, 2.05) is 212 Å². The number of hydrogen-bond donors (Lipinski definition) is 0. The van der Waals surface area contributed by atoms with Crippen LogP contribution in [0.3, 0.4) is 0 Å². The number of carbonyl (C=O) groups is 2. The smallest absolute Gasteiger partial charge is 0.462 e. The molecule has 1 aliphatic carbocycles. The third-order valence-corrected chi connectivity index (χ3v) is 22.2. The van der Waals surface area contributed by atoms with Crippen molar-refractivity contribution >= 4 is 27.6 Å². The number of carbonyl (C=O) groups excluding carboxylic acids is 2. The zero-order valence-electron chi connectivity index (χ0n) is 64.3. The summed E-state index contributed by atoms with van der Waals surface area (Å²) in [6, 6.07) is 65.9. The van der Waals surface area contributed by atoms with Crippen LogP contribution in [-0.4, -0.2) is 67.9 Å². The van der Waals surface area contributed by atoms with E-state index < -0.39 is 83.5 Å². The molecular formula is C90H122O16P2. The molecular weight excluding hydrogens is 1400 g/mol. The number of unbranched alkanes of at least 4 members (excludes halogenated alkanes) is 24. The van der Waals surface area contributed by atoms with Crippen LogP contribution >= 0.6 is 15.6 Å². The molecule has 1 aliphatic rings. The van der Waals surface area contributed by atoms with Gasteiger partial charge < -0.3 is 28.4 Å². The highest BCUT2D eigenvalue weighted by Gasteiger charge is 2.59. The zero-order valence-corrected chi connectivity index (χ0v) is 66.1. The van der Waals surface area contributed by atoms with Crippen LogP contribution in [0.5, 0.6) is 0 Å². The minimum Gasteiger partial charge on any atom is -0.462 e. The Hall–Kier alpha value is -6.46. The molecule has 0 bridgehead atoms. The van der Waals surface area contributed by atoms with E-state index in [2.05, 4.69) is 13.8 Å². The third-order valence-electron chi connectivity index (χ3n) is 19.4. The van der Waals surface area contributed by atoms with Gasteiger partial charge in [0.25, 0.3) is 0 Å². The number of benzene rings is 7. The molecule has 0 heterocycles. The quantitative estimate of drug-likeness (QED) is 0.0199. The minimum atomic E-state index is -5.10. The molecule has 18 heteroatoms. The van der Waals surface area contributed by atoms with E-state index in [0.717, 1.165) is 67.2 Å². The predicted molar refractivity (Wildman–Crippen MR) is 426 cm³/mol. The highest BCUT2D eigenvalue weighted by molar-refractivity contribution is 7.48. The Balaban J connectivity index is 1.14. The van der Waals surface area contributed by atoms with Crippen molar-refractivity contribution in [3.05, 3.63) is 251 Å². The highest BCUT2D eigenvalue weighted by atomic mass is 31.2. The van der Waals surface area contributed by atoms with Crippen LogP contribution in [0, 0.1) is 0 Å². The monoisotopic (exact) mass is 1520 g/mol. The molecule has 8 rings (SSSR count). The van der Waals surface area contributed by atoms with Crippen LogP contribution in [0.25, 0.3) is 0 Å². The summed E-state index contributed by atoms with van der Waals surface area (Å²) in [5.41, 5.74) is 5.09. The lowest BCUT2D eigenvalue weighted by molar-refractivity contribution is -0.268. The van der Waals surface area contributed by atoms with Gasteiger partial charge in [-0.1, -0.05) is 380 Å². The maximum atomic E-state index is 16.7. The van der Waals surface area contributed by atoms with Gasteiger partial charge in [-0.2, -0.15) is 0 Å². The molecule has 7 aromatic rings. The topological polar surface area (TPSA) is 179 Å². The summed E-state index contributed by atoms with van der Waals surface area (Å²) in [7, 11) is -9.94. The Morgan fingerprint density at radius 1 is 0.278 bits per heavy atom. The summed E-state index contributed by atoms with van der Waals surface area (Å²) in [4.78, 5) is 27.9. The second kappa shape index (κ2) is 52.7. The molecule has 0 amide bonds. The van der Waals surface area contributed by atoms with Crippen LogP contribution in [0.1, 0.15) is 233 Å². The lowest BCUT2D eigenvalue weighted by Gasteiger charge is -2.50. The van der Waals surface area contributed by atoms with Gasteiger partial charge in [-0.3, -0.25) is 36.7 Å². The summed E-state index contributed by atoms with van der Waals surface area (Å²) < 4.78 is 114. The van der Waals surface area contributed by atoms with Crippen LogP contribution < -0.4 is 0 Å². The van der Waals surface area contributed by atoms with Gasteiger partial charge in [0, 0.05) is 12.8 Å². The first kappa shape index (κ1) is 87.1. The summed E-state index contributed by atoms with van der Waals surface area (Å²) in [5, 5.41) is 0. The van der Waals surface area contributed by atoms with Crippen molar-refractivity contribution < 1.29 is 74.3 Å². The first-order valence-corrected chi connectivity index (χ1v) is 43.2. The van der Waals surface area contributed by atoms with E-state index >= 15 is 9.13 Å². The molecule has 8 atom stereocenters. The summed E-state index contributed by atoms with van der Waals surface area (Å²) in [5.74, 6) is -0.978. The van der Waals surface area contributed by atoms with Crippen molar-refractivity contribution in [2.24, 2.45) is 0 Å². The fourth-order valence-corrected chi connectivity index (χ4v) is 16.0. The number of ether oxygens (including phenoxy) is 6. The number of esters is 2. The lowest BCUT2D eigenvalue weighted by Crippen LogP contribution is -2.67. The molecule has 0 spiro atoms. The number of hydrogen-bond acceptors (Lipinski definition) is 16. The highest BCUT2D eigenvalue weighted by Crippen LogP contribution is 2.58. The van der Waals surface area contributed by atoms with E-state index in [4.69, 9.17) is 55.6 Å². The molecule has 108 heavy (non-hydrogen) atoms. The molecule has 0 radical (unpaired) electrons. The molecule has 1 fully saturated rings. The van der Waals surface area contributed by atoms with Crippen molar-refractivity contribution in [1.82, 2.24) is 0 Å². The van der Waals surface area contributed by atoms with Gasteiger partial charge in [0.2, 0.25) is 0 Å². The van der Waals surface area contributed by atoms with Crippen LogP contribution in [0.2, 0.25) is 0 Å². The Morgan fingerprint density at radius 2 is 0.509 bits per heavy atom. The van der Waals surface area contributed by atoms with Gasteiger partial charge in [0.15, 0.2) is 6.10 Å². The van der Waals surface area contributed by atoms with E-state index in [9.17, 15) is 9.59 Å². The Bertz CT molecular complexity index is 3480. The van der Waals surface area contributed by atoms with Gasteiger partial charge in [-0.25, -0.2) is 9.13 Å². The molecule has 1 unspecified atom stereocenters. The van der Waals surface area contributed by atoms with Crippen LogP contribution in [0.15, 0.2) is 212 Å². The lowest BCUT2D eigenvalue weighted by atomic mass is 9.84. The number of rotatable bonds is 59. The fourth-order valence-electron chi connectivity index (χ4n) is 13.2. The largest absolute Gasteiger partial charge is 0.475 e. The number of phosphoric ester groups is 2. The average Bonchev–Trinajstić information content (AvgIpc) is 0.752. The number of phosphoric acid groups is 2. The van der Waals surface area contributed by atoms with Gasteiger partial charge in [-0.05, 0) is 51.8 Å². The maximum Gasteiger partial charge on any atom is 0.475 e. The van der Waals surface area contributed by atoms with Crippen LogP contribution in [0.4, 0.5) is 0 Å². The van der Waals surface area contributed by atoms with Crippen molar-refractivity contribution in [2.45, 2.75) is 283 Å². The van der Waals surface area contributed by atoms with Gasteiger partial charge in [-0.15, -0.1) is 0 Å². The molecule has 0 aromatic heterocycles. The SMILES string of the molecule is CCCCCCCCCCCCCCCC(=O)OC[C@H](COP(=O)(OCc1ccccc1)O[C@@H]1[C@H](OCc2ccccc2)[C@H](OP(=O)(OCc2ccccc2)OCc2ccccc2)[C@@H](OCc2ccccc2)[C@H](OCc2ccccc2)[C@H]1OCc1ccccc1)OC(=O)CCCCCCCCCCCCCCC. The Labute approximate surface area is 645 Å². The Kier molecular flexibility index (Phi) is 42.5. The van der Waals surface area contributed by atoms with Gasteiger partial charge in [0.1, 0.15) is 43.2 Å². The van der Waals surface area contributed by atoms with Crippen molar-refractivity contribution in [1.29, 1.82) is 0 Å². The van der Waals surface area contributed by atoms with Gasteiger partial charge in [0.05, 0.1) is 52.9 Å². The standard InChI is InChI=1S/C90H122O16P2/c1-3-5-7-9-11-13-15-17-19-21-23-25-48-64-83(91)95-73-82(104-84(92)65-49-26-24-22-20-18-16-14-12-10-8-6-4-2)74-103-108(94,102-72-81-62-46-33-47-63-81)106-90-87(98-68-77-54-38-29-39-55-77)85(96-66-75-50-34-27-35-51-75)86(97-67-76-52-36-28-37-53-76)89(88(90)99-69-78-56-40-30-41-57-78)105-107(93,100-70-79-58-42-31-43-59-79)101-71-80-60-44-32-45-61-80/h27-47,50-63,82,85-90H,3-26,48-49,64-74H2,1-2H3/t82-,85+,86+,87-,88-,89-,90+,108?/m1/s1. The van der Waals surface area contributed by atoms with E-state index in [1.165, 1.54) is 109 Å². The fraction of sp³-hybridized carbons (Fsp3) is 0.511. The molecule has 1 saturated carbocycles. The summed E-state index contributed by atoms with van der Waals surface area (Å²) >= 11 is 0. The zero-order chi connectivity index (χ0) is 75.6. The molecule has 0 N–H and O–H groups in total. The second-order valence-electron chi connectivity index (χ2n) is 28.4. The molecule has 7 aromatic carbocycles. The van der Waals surface area contributed by atoms with Crippen molar-refractivity contribution in [3.63, 3.8) is 0 Å². The average molecular weight is 1520 g/mol. The Morgan fingerprint density at radius 3 is 0.796 bits per heavy atom. The van der Waals surface area contributed by atoms with Crippen LogP contribution in [-0.2, 0) is 121 Å². The maximum absolute atomic E-state index is 16.7. The predicted octanol–water partition coefficient (Wildman–Crippen LogP) is 23.4. The first-order valence-electron chi connectivity index (χ1n) is 40.3. The minimum absolute atomic E-state index is 0.00729. The van der Waals surface area contributed by atoms with E-state index in [1.54, 1.807) is 0 Å². The molecule has 588 valence electrons. The first-order chi connectivity index (χ1) is 53.1. The second-order valence-corrected chi connectivity index (χ2v) is 31.7. The summed E-state index contributed by atoms with van der Waals surface area (Å²) in [6.45, 7) is 2.65. The van der Waals surface area contributed by atoms with Gasteiger partial charge >= 0.3 is 27.6 Å². The normalized spacial score (nSPS) is 17.4.